The van der Waals surface area contributed by atoms with E-state index in [-0.39, 0.29) is 0 Å². The number of hydrogen-bond donors (Lipinski definition) is 0. The highest BCUT2D eigenvalue weighted by Crippen LogP contribution is 2.12. The standard InChI is InChI=1S/C15H31N3/c1-15(14-17-9-5-3-4-6-10-17)18-11-7-8-16(2)12-13-18/h15H,3-14H2,1-2H3. The van der Waals surface area contributed by atoms with Crippen molar-refractivity contribution in [2.45, 2.75) is 45.1 Å². The molecule has 0 amide bonds. The molecule has 0 aromatic rings. The van der Waals surface area contributed by atoms with Crippen LogP contribution in [0.4, 0.5) is 0 Å². The van der Waals surface area contributed by atoms with Gasteiger partial charge in [0.15, 0.2) is 0 Å². The van der Waals surface area contributed by atoms with Gasteiger partial charge in [-0.3, -0.25) is 4.90 Å². The van der Waals surface area contributed by atoms with Crippen LogP contribution in [0.15, 0.2) is 0 Å². The van der Waals surface area contributed by atoms with Crippen molar-refractivity contribution in [2.24, 2.45) is 0 Å². The Kier molecular flexibility index (Phi) is 5.93. The first-order valence-corrected chi connectivity index (χ1v) is 7.90. The zero-order valence-electron chi connectivity index (χ0n) is 12.4. The van der Waals surface area contributed by atoms with Gasteiger partial charge < -0.3 is 9.80 Å². The highest BCUT2D eigenvalue weighted by Gasteiger charge is 2.20. The van der Waals surface area contributed by atoms with Crippen molar-refractivity contribution in [1.29, 1.82) is 0 Å². The summed E-state index contributed by atoms with van der Waals surface area (Å²) in [6.45, 7) is 11.4. The second-order valence-corrected chi connectivity index (χ2v) is 6.26. The Hall–Kier alpha value is -0.120. The summed E-state index contributed by atoms with van der Waals surface area (Å²) in [7, 11) is 2.25. The van der Waals surface area contributed by atoms with Gasteiger partial charge in [-0.25, -0.2) is 0 Å². The van der Waals surface area contributed by atoms with E-state index >= 15 is 0 Å². The summed E-state index contributed by atoms with van der Waals surface area (Å²) in [4.78, 5) is 7.87. The fourth-order valence-electron chi connectivity index (χ4n) is 3.32. The second-order valence-electron chi connectivity index (χ2n) is 6.26. The molecule has 1 unspecified atom stereocenters. The van der Waals surface area contributed by atoms with Gasteiger partial charge in [0, 0.05) is 25.7 Å². The van der Waals surface area contributed by atoms with Gasteiger partial charge in [0.2, 0.25) is 0 Å². The van der Waals surface area contributed by atoms with Crippen LogP contribution in [0.1, 0.15) is 39.0 Å². The lowest BCUT2D eigenvalue weighted by Crippen LogP contribution is -2.44. The molecule has 0 N–H and O–H groups in total. The van der Waals surface area contributed by atoms with E-state index in [9.17, 15) is 0 Å². The van der Waals surface area contributed by atoms with Gasteiger partial charge in [-0.15, -0.1) is 0 Å². The van der Waals surface area contributed by atoms with Crippen molar-refractivity contribution in [1.82, 2.24) is 14.7 Å². The summed E-state index contributed by atoms with van der Waals surface area (Å²) in [6.07, 6.45) is 7.05. The molecule has 2 aliphatic rings. The van der Waals surface area contributed by atoms with Crippen molar-refractivity contribution in [3.63, 3.8) is 0 Å². The average Bonchev–Trinajstić information content (AvgIpc) is 2.72. The molecule has 0 radical (unpaired) electrons. The molecule has 2 fully saturated rings. The van der Waals surface area contributed by atoms with Crippen LogP contribution in [0.25, 0.3) is 0 Å². The van der Waals surface area contributed by atoms with Gasteiger partial charge >= 0.3 is 0 Å². The Morgan fingerprint density at radius 1 is 0.778 bits per heavy atom. The number of hydrogen-bond acceptors (Lipinski definition) is 3. The van der Waals surface area contributed by atoms with Gasteiger partial charge in [0.1, 0.15) is 0 Å². The minimum Gasteiger partial charge on any atom is -0.305 e. The fourth-order valence-corrected chi connectivity index (χ4v) is 3.32. The summed E-state index contributed by atoms with van der Waals surface area (Å²) in [5.74, 6) is 0. The molecule has 2 saturated heterocycles. The van der Waals surface area contributed by atoms with Crippen LogP contribution < -0.4 is 0 Å². The Balaban J connectivity index is 1.76. The van der Waals surface area contributed by atoms with Crippen LogP contribution in [0.5, 0.6) is 0 Å². The summed E-state index contributed by atoms with van der Waals surface area (Å²) < 4.78 is 0. The number of nitrogens with zero attached hydrogens (tertiary/aromatic N) is 3. The molecule has 0 spiro atoms. The van der Waals surface area contributed by atoms with Crippen LogP contribution in [-0.2, 0) is 0 Å². The Morgan fingerprint density at radius 3 is 2.22 bits per heavy atom. The maximum Gasteiger partial charge on any atom is 0.0195 e. The maximum atomic E-state index is 2.70. The van der Waals surface area contributed by atoms with Gasteiger partial charge in [-0.1, -0.05) is 12.8 Å². The quantitative estimate of drug-likeness (QED) is 0.760. The Labute approximate surface area is 113 Å². The van der Waals surface area contributed by atoms with Crippen molar-refractivity contribution < 1.29 is 0 Å². The molecule has 0 aromatic heterocycles. The second kappa shape index (κ2) is 7.46. The third-order valence-corrected chi connectivity index (χ3v) is 4.60. The predicted octanol–water partition coefficient (Wildman–Crippen LogP) is 1.89. The van der Waals surface area contributed by atoms with Crippen LogP contribution in [0.2, 0.25) is 0 Å². The lowest BCUT2D eigenvalue weighted by molar-refractivity contribution is 0.154. The third-order valence-electron chi connectivity index (χ3n) is 4.60. The molecule has 2 rings (SSSR count). The van der Waals surface area contributed by atoms with E-state index in [4.69, 9.17) is 0 Å². The third kappa shape index (κ3) is 4.52. The molecule has 3 nitrogen and oxygen atoms in total. The van der Waals surface area contributed by atoms with E-state index in [1.807, 2.05) is 0 Å². The summed E-state index contributed by atoms with van der Waals surface area (Å²) >= 11 is 0. The molecular formula is C15H31N3. The molecule has 0 aromatic carbocycles. The molecule has 0 aliphatic carbocycles. The maximum absolute atomic E-state index is 2.70. The van der Waals surface area contributed by atoms with E-state index in [1.54, 1.807) is 0 Å². The van der Waals surface area contributed by atoms with E-state index in [1.165, 1.54) is 77.9 Å². The monoisotopic (exact) mass is 253 g/mol. The SMILES string of the molecule is CC(CN1CCCCCC1)N1CCCN(C)CC1. The molecule has 0 bridgehead atoms. The molecule has 106 valence electrons. The topological polar surface area (TPSA) is 9.72 Å². The van der Waals surface area contributed by atoms with Gasteiger partial charge in [-0.05, 0) is 59.4 Å². The average molecular weight is 253 g/mol. The van der Waals surface area contributed by atoms with Crippen LogP contribution in [0.3, 0.4) is 0 Å². The van der Waals surface area contributed by atoms with E-state index in [2.05, 4.69) is 28.7 Å². The lowest BCUT2D eigenvalue weighted by Gasteiger charge is -2.32. The Bertz CT molecular complexity index is 224. The normalized spacial score (nSPS) is 27.7. The predicted molar refractivity (Wildman–Crippen MR) is 78.1 cm³/mol. The zero-order chi connectivity index (χ0) is 12.8. The lowest BCUT2D eigenvalue weighted by atomic mass is 10.2. The van der Waals surface area contributed by atoms with Crippen LogP contribution in [0, 0.1) is 0 Å². The zero-order valence-corrected chi connectivity index (χ0v) is 12.4. The van der Waals surface area contributed by atoms with Crippen molar-refractivity contribution in [3.05, 3.63) is 0 Å². The summed E-state index contributed by atoms with van der Waals surface area (Å²) in [6, 6.07) is 0.731. The minimum absolute atomic E-state index is 0.731. The first-order valence-electron chi connectivity index (χ1n) is 7.90. The van der Waals surface area contributed by atoms with E-state index < -0.39 is 0 Å². The van der Waals surface area contributed by atoms with Gasteiger partial charge in [0.25, 0.3) is 0 Å². The number of likely N-dealkylation sites (tertiary alicyclic amines) is 1. The molecule has 2 aliphatic heterocycles. The van der Waals surface area contributed by atoms with Crippen LogP contribution >= 0.6 is 0 Å². The smallest absolute Gasteiger partial charge is 0.0195 e. The van der Waals surface area contributed by atoms with Crippen molar-refractivity contribution in [2.75, 3.05) is 52.9 Å². The van der Waals surface area contributed by atoms with E-state index in [0.717, 1.165) is 6.04 Å². The highest BCUT2D eigenvalue weighted by molar-refractivity contribution is 4.76. The molecule has 3 heteroatoms. The Morgan fingerprint density at radius 2 is 1.50 bits per heavy atom. The molecule has 2 heterocycles. The van der Waals surface area contributed by atoms with Gasteiger partial charge in [-0.2, -0.15) is 0 Å². The first-order chi connectivity index (χ1) is 8.75. The summed E-state index contributed by atoms with van der Waals surface area (Å²) in [5, 5.41) is 0. The fraction of sp³-hybridized carbons (Fsp3) is 1.00. The molecule has 1 atom stereocenters. The largest absolute Gasteiger partial charge is 0.305 e. The number of likely N-dealkylation sites (N-methyl/N-ethyl adjacent to an activating group) is 1. The van der Waals surface area contributed by atoms with Crippen molar-refractivity contribution in [3.8, 4) is 0 Å². The van der Waals surface area contributed by atoms with E-state index in [0.29, 0.717) is 0 Å². The van der Waals surface area contributed by atoms with Crippen molar-refractivity contribution >= 4 is 0 Å². The van der Waals surface area contributed by atoms with Gasteiger partial charge in [0.05, 0.1) is 0 Å². The van der Waals surface area contributed by atoms with Crippen LogP contribution in [-0.4, -0.2) is 73.6 Å². The molecule has 0 saturated carbocycles. The minimum atomic E-state index is 0.731. The molecule has 18 heavy (non-hydrogen) atoms. The first kappa shape index (κ1) is 14.3. The molecular weight excluding hydrogens is 222 g/mol. The highest BCUT2D eigenvalue weighted by atomic mass is 15.2. The number of rotatable bonds is 3. The summed E-state index contributed by atoms with van der Waals surface area (Å²) in [5.41, 5.74) is 0.